The van der Waals surface area contributed by atoms with Crippen molar-refractivity contribution in [2.24, 2.45) is 5.92 Å². The highest BCUT2D eigenvalue weighted by atomic mass is 35.5. The number of hydrogen-bond acceptors (Lipinski definition) is 4. The fourth-order valence-electron chi connectivity index (χ4n) is 1.84. The number of carboxylic acids is 1. The summed E-state index contributed by atoms with van der Waals surface area (Å²) < 4.78 is 0. The van der Waals surface area contributed by atoms with E-state index in [0.717, 1.165) is 11.1 Å². The Kier molecular flexibility index (Phi) is 4.20. The molecule has 0 aliphatic heterocycles. The number of anilines is 1. The molecule has 2 aromatic rings. The lowest BCUT2D eigenvalue weighted by atomic mass is 10.00. The number of hydrogen-bond donors (Lipinski definition) is 2. The van der Waals surface area contributed by atoms with Gasteiger partial charge in [0.15, 0.2) is 0 Å². The predicted octanol–water partition coefficient (Wildman–Crippen LogP) is 2.64. The van der Waals surface area contributed by atoms with Crippen molar-refractivity contribution in [3.63, 3.8) is 0 Å². The fourth-order valence-corrected chi connectivity index (χ4v) is 2.03. The van der Waals surface area contributed by atoms with Crippen LogP contribution in [0.4, 0.5) is 5.95 Å². The molecule has 0 radical (unpaired) electrons. The molecule has 3 N–H and O–H groups in total. The molecule has 0 saturated carbocycles. The summed E-state index contributed by atoms with van der Waals surface area (Å²) in [4.78, 5) is 18.7. The van der Waals surface area contributed by atoms with E-state index in [0.29, 0.717) is 12.1 Å². The lowest BCUT2D eigenvalue weighted by Crippen LogP contribution is -2.12. The quantitative estimate of drug-likeness (QED) is 0.845. The van der Waals surface area contributed by atoms with Crippen LogP contribution >= 0.6 is 11.6 Å². The Balaban J connectivity index is 2.21. The van der Waals surface area contributed by atoms with Crippen molar-refractivity contribution in [1.82, 2.24) is 9.97 Å². The Morgan fingerprint density at radius 2 is 2.00 bits per heavy atom. The Hall–Kier alpha value is -2.14. The standard InChI is InChI=1S/C14H14ClN3O2/c1-8(13(19)20)6-9-2-4-10(5-3-9)11-7-12(15)18-14(16)17-11/h2-5,7-8H,6H2,1H3,(H,19,20)(H2,16,17,18)/t8-/m0/s1. The van der Waals surface area contributed by atoms with E-state index >= 15 is 0 Å². The van der Waals surface area contributed by atoms with Gasteiger partial charge >= 0.3 is 5.97 Å². The van der Waals surface area contributed by atoms with E-state index < -0.39 is 11.9 Å². The van der Waals surface area contributed by atoms with Crippen LogP contribution in [0.15, 0.2) is 30.3 Å². The van der Waals surface area contributed by atoms with Gasteiger partial charge in [-0.3, -0.25) is 4.79 Å². The molecule has 104 valence electrons. The summed E-state index contributed by atoms with van der Waals surface area (Å²) in [6.07, 6.45) is 0.488. The molecule has 6 heteroatoms. The summed E-state index contributed by atoms with van der Waals surface area (Å²) >= 11 is 5.84. The minimum atomic E-state index is -0.801. The van der Waals surface area contributed by atoms with Gasteiger partial charge in [0.2, 0.25) is 5.95 Å². The lowest BCUT2D eigenvalue weighted by Gasteiger charge is -2.07. The minimum absolute atomic E-state index is 0.121. The highest BCUT2D eigenvalue weighted by Gasteiger charge is 2.11. The minimum Gasteiger partial charge on any atom is -0.481 e. The van der Waals surface area contributed by atoms with Crippen molar-refractivity contribution in [2.75, 3.05) is 5.73 Å². The van der Waals surface area contributed by atoms with Crippen molar-refractivity contribution in [2.45, 2.75) is 13.3 Å². The molecule has 0 aliphatic rings. The highest BCUT2D eigenvalue weighted by molar-refractivity contribution is 6.29. The number of carboxylic acid groups (broad SMARTS) is 1. The number of rotatable bonds is 4. The molecule has 0 saturated heterocycles. The van der Waals surface area contributed by atoms with Gasteiger partial charge in [-0.15, -0.1) is 0 Å². The van der Waals surface area contributed by atoms with Crippen LogP contribution in [-0.2, 0) is 11.2 Å². The van der Waals surface area contributed by atoms with Crippen LogP contribution in [0.2, 0.25) is 5.15 Å². The van der Waals surface area contributed by atoms with Crippen LogP contribution in [0, 0.1) is 5.92 Å². The Morgan fingerprint density at radius 1 is 1.35 bits per heavy atom. The summed E-state index contributed by atoms with van der Waals surface area (Å²) in [5, 5.41) is 9.18. The van der Waals surface area contributed by atoms with Gasteiger partial charge in [-0.1, -0.05) is 42.8 Å². The number of nitrogens with zero attached hydrogens (tertiary/aromatic N) is 2. The zero-order valence-electron chi connectivity index (χ0n) is 10.9. The fraction of sp³-hybridized carbons (Fsp3) is 0.214. The van der Waals surface area contributed by atoms with Gasteiger partial charge in [-0.05, 0) is 12.0 Å². The van der Waals surface area contributed by atoms with E-state index in [-0.39, 0.29) is 11.1 Å². The van der Waals surface area contributed by atoms with Crippen molar-refractivity contribution >= 4 is 23.5 Å². The first kappa shape index (κ1) is 14.3. The largest absolute Gasteiger partial charge is 0.481 e. The maximum absolute atomic E-state index is 10.8. The molecule has 1 aromatic heterocycles. The van der Waals surface area contributed by atoms with Crippen LogP contribution in [0.25, 0.3) is 11.3 Å². The number of aliphatic carboxylic acids is 1. The summed E-state index contributed by atoms with van der Waals surface area (Å²) in [5.74, 6) is -1.09. The van der Waals surface area contributed by atoms with Crippen molar-refractivity contribution < 1.29 is 9.90 Å². The van der Waals surface area contributed by atoms with Gasteiger partial charge in [0.25, 0.3) is 0 Å². The molecule has 20 heavy (non-hydrogen) atoms. The summed E-state index contributed by atoms with van der Waals surface area (Å²) in [6.45, 7) is 1.68. The van der Waals surface area contributed by atoms with E-state index in [9.17, 15) is 4.79 Å². The second-order valence-corrected chi connectivity index (χ2v) is 4.96. The van der Waals surface area contributed by atoms with Crippen LogP contribution < -0.4 is 5.73 Å². The maximum Gasteiger partial charge on any atom is 0.306 e. The van der Waals surface area contributed by atoms with Crippen molar-refractivity contribution in [3.8, 4) is 11.3 Å². The van der Waals surface area contributed by atoms with Gasteiger partial charge in [0.1, 0.15) is 5.15 Å². The Labute approximate surface area is 121 Å². The first-order valence-corrected chi connectivity index (χ1v) is 6.45. The molecule has 1 aromatic carbocycles. The molecule has 5 nitrogen and oxygen atoms in total. The van der Waals surface area contributed by atoms with E-state index in [1.54, 1.807) is 13.0 Å². The van der Waals surface area contributed by atoms with Gasteiger partial charge in [-0.2, -0.15) is 0 Å². The number of nitrogen functional groups attached to an aromatic ring is 1. The Bertz CT molecular complexity index is 609. The molecule has 2 rings (SSSR count). The third kappa shape index (κ3) is 3.45. The van der Waals surface area contributed by atoms with Gasteiger partial charge in [-0.25, -0.2) is 9.97 Å². The SMILES string of the molecule is C[C@@H](Cc1ccc(-c2cc(Cl)nc(N)n2)cc1)C(=O)O. The van der Waals surface area contributed by atoms with Crippen LogP contribution in [-0.4, -0.2) is 21.0 Å². The van der Waals surface area contributed by atoms with Crippen molar-refractivity contribution in [1.29, 1.82) is 0 Å². The van der Waals surface area contributed by atoms with Crippen molar-refractivity contribution in [3.05, 3.63) is 41.0 Å². The van der Waals surface area contributed by atoms with Crippen LogP contribution in [0.3, 0.4) is 0 Å². The first-order chi connectivity index (χ1) is 9.45. The summed E-state index contributed by atoms with van der Waals surface area (Å²) in [6, 6.07) is 9.11. The molecule has 1 heterocycles. The van der Waals surface area contributed by atoms with Crippen LogP contribution in [0.1, 0.15) is 12.5 Å². The molecule has 0 unspecified atom stereocenters. The predicted molar refractivity (Wildman–Crippen MR) is 77.4 cm³/mol. The Morgan fingerprint density at radius 3 is 2.55 bits per heavy atom. The average molecular weight is 292 g/mol. The normalized spacial score (nSPS) is 12.1. The molecule has 0 amide bonds. The second-order valence-electron chi connectivity index (χ2n) is 4.57. The number of aromatic nitrogens is 2. The summed E-state index contributed by atoms with van der Waals surface area (Å²) in [5.41, 5.74) is 8.00. The average Bonchev–Trinajstić information content (AvgIpc) is 2.38. The molecule has 0 fully saturated rings. The highest BCUT2D eigenvalue weighted by Crippen LogP contribution is 2.22. The second kappa shape index (κ2) is 5.88. The topological polar surface area (TPSA) is 89.1 Å². The smallest absolute Gasteiger partial charge is 0.306 e. The van der Waals surface area contributed by atoms with E-state index in [2.05, 4.69) is 9.97 Å². The molecular weight excluding hydrogens is 278 g/mol. The zero-order chi connectivity index (χ0) is 14.7. The lowest BCUT2D eigenvalue weighted by molar-refractivity contribution is -0.141. The van der Waals surface area contributed by atoms with E-state index in [4.69, 9.17) is 22.4 Å². The maximum atomic E-state index is 10.8. The third-order valence-electron chi connectivity index (χ3n) is 2.93. The third-order valence-corrected chi connectivity index (χ3v) is 3.12. The van der Waals surface area contributed by atoms with Crippen LogP contribution in [0.5, 0.6) is 0 Å². The molecule has 1 atom stereocenters. The zero-order valence-corrected chi connectivity index (χ0v) is 11.6. The van der Waals surface area contributed by atoms with E-state index in [1.165, 1.54) is 0 Å². The van der Waals surface area contributed by atoms with Gasteiger partial charge in [0.05, 0.1) is 11.6 Å². The molecule has 0 spiro atoms. The number of nitrogens with two attached hydrogens (primary N) is 1. The molecular formula is C14H14ClN3O2. The molecule has 0 bridgehead atoms. The summed E-state index contributed by atoms with van der Waals surface area (Å²) in [7, 11) is 0. The monoisotopic (exact) mass is 291 g/mol. The number of halogens is 1. The first-order valence-electron chi connectivity index (χ1n) is 6.08. The van der Waals surface area contributed by atoms with E-state index in [1.807, 2.05) is 24.3 Å². The van der Waals surface area contributed by atoms with Gasteiger partial charge < -0.3 is 10.8 Å². The number of benzene rings is 1. The van der Waals surface area contributed by atoms with Gasteiger partial charge in [0, 0.05) is 11.6 Å². The molecule has 0 aliphatic carbocycles. The number of carbonyl (C=O) groups is 1.